The summed E-state index contributed by atoms with van der Waals surface area (Å²) in [5, 5.41) is 10.7. The van der Waals surface area contributed by atoms with E-state index in [1.807, 2.05) is 12.1 Å². The fourth-order valence-electron chi connectivity index (χ4n) is 3.51. The summed E-state index contributed by atoms with van der Waals surface area (Å²) < 4.78 is 11.2. The van der Waals surface area contributed by atoms with Crippen molar-refractivity contribution in [3.63, 3.8) is 0 Å². The second-order valence-electron chi connectivity index (χ2n) is 6.98. The number of likely N-dealkylation sites (tertiary alicyclic amines) is 1. The van der Waals surface area contributed by atoms with Gasteiger partial charge < -0.3 is 19.2 Å². The summed E-state index contributed by atoms with van der Waals surface area (Å²) in [4.78, 5) is 30.5. The molecule has 2 aromatic heterocycles. The molecule has 7 nitrogen and oxygen atoms in total. The van der Waals surface area contributed by atoms with E-state index >= 15 is 0 Å². The number of rotatable bonds is 4. The molecule has 0 bridgehead atoms. The van der Waals surface area contributed by atoms with Crippen molar-refractivity contribution in [1.82, 2.24) is 9.88 Å². The molecule has 0 radical (unpaired) electrons. The van der Waals surface area contributed by atoms with Crippen LogP contribution in [0.2, 0.25) is 0 Å². The summed E-state index contributed by atoms with van der Waals surface area (Å²) in [7, 11) is 0. The van der Waals surface area contributed by atoms with Crippen LogP contribution in [0.3, 0.4) is 0 Å². The topological polar surface area (TPSA) is 92.9 Å². The Balaban J connectivity index is 1.52. The van der Waals surface area contributed by atoms with E-state index in [0.717, 1.165) is 16.5 Å². The molecule has 1 aliphatic rings. The van der Waals surface area contributed by atoms with E-state index in [2.05, 4.69) is 4.98 Å². The van der Waals surface area contributed by atoms with E-state index in [-0.39, 0.29) is 31.8 Å². The Kier molecular flexibility index (Phi) is 4.50. The van der Waals surface area contributed by atoms with Gasteiger partial charge >= 0.3 is 5.97 Å². The van der Waals surface area contributed by atoms with Crippen LogP contribution in [0.1, 0.15) is 29.0 Å². The molecule has 3 aromatic rings. The molecule has 3 heterocycles. The Hall–Kier alpha value is -3.35. The number of hydrogen-bond acceptors (Lipinski definition) is 5. The van der Waals surface area contributed by atoms with E-state index in [4.69, 9.17) is 9.15 Å². The number of piperidine rings is 1. The zero-order chi connectivity index (χ0) is 19.7. The average Bonchev–Trinajstić information content (AvgIpc) is 3.13. The van der Waals surface area contributed by atoms with Crippen molar-refractivity contribution in [2.45, 2.75) is 25.4 Å². The lowest BCUT2D eigenvalue weighted by Crippen LogP contribution is -2.54. The van der Waals surface area contributed by atoms with Crippen LogP contribution in [0.15, 0.2) is 53.3 Å². The van der Waals surface area contributed by atoms with Gasteiger partial charge in [-0.3, -0.25) is 9.78 Å². The zero-order valence-corrected chi connectivity index (χ0v) is 15.4. The number of carboxylic acid groups (broad SMARTS) is 1. The van der Waals surface area contributed by atoms with E-state index in [1.165, 1.54) is 6.26 Å². The lowest BCUT2D eigenvalue weighted by atomic mass is 9.90. The number of nitrogens with zero attached hydrogens (tertiary/aromatic N) is 2. The zero-order valence-electron chi connectivity index (χ0n) is 15.4. The highest BCUT2D eigenvalue weighted by Crippen LogP contribution is 2.31. The Bertz CT molecular complexity index is 1030. The fraction of sp³-hybridized carbons (Fsp3) is 0.286. The number of amides is 1. The minimum atomic E-state index is -1.37. The first-order chi connectivity index (χ1) is 13.5. The van der Waals surface area contributed by atoms with Gasteiger partial charge in [0.15, 0.2) is 5.76 Å². The second kappa shape index (κ2) is 6.99. The summed E-state index contributed by atoms with van der Waals surface area (Å²) in [6.07, 6.45) is 3.57. The summed E-state index contributed by atoms with van der Waals surface area (Å²) in [5.41, 5.74) is 0.208. The van der Waals surface area contributed by atoms with Gasteiger partial charge in [-0.15, -0.1) is 0 Å². The maximum atomic E-state index is 12.6. The van der Waals surface area contributed by atoms with Crippen LogP contribution in [0.5, 0.6) is 5.75 Å². The van der Waals surface area contributed by atoms with Crippen LogP contribution in [0.25, 0.3) is 10.9 Å². The van der Waals surface area contributed by atoms with Crippen LogP contribution < -0.4 is 4.74 Å². The fourth-order valence-corrected chi connectivity index (χ4v) is 3.51. The molecule has 4 rings (SSSR count). The number of fused-ring (bicyclic) bond motifs is 1. The number of hydrogen-bond donors (Lipinski definition) is 1. The lowest BCUT2D eigenvalue weighted by Gasteiger charge is -2.38. The second-order valence-corrected chi connectivity index (χ2v) is 6.98. The van der Waals surface area contributed by atoms with Gasteiger partial charge in [0.05, 0.1) is 11.8 Å². The van der Waals surface area contributed by atoms with E-state index in [9.17, 15) is 14.7 Å². The van der Waals surface area contributed by atoms with Crippen molar-refractivity contribution < 1.29 is 23.8 Å². The number of pyridine rings is 1. The van der Waals surface area contributed by atoms with Gasteiger partial charge in [-0.2, -0.15) is 0 Å². The van der Waals surface area contributed by atoms with Crippen LogP contribution in [0.4, 0.5) is 0 Å². The molecule has 0 spiro atoms. The van der Waals surface area contributed by atoms with Crippen molar-refractivity contribution >= 4 is 22.8 Å². The first kappa shape index (κ1) is 18.0. The predicted molar refractivity (Wildman–Crippen MR) is 101 cm³/mol. The van der Waals surface area contributed by atoms with Gasteiger partial charge in [0.25, 0.3) is 5.91 Å². The molecule has 28 heavy (non-hydrogen) atoms. The molecule has 1 saturated heterocycles. The van der Waals surface area contributed by atoms with Crippen molar-refractivity contribution in [2.24, 2.45) is 0 Å². The molecule has 1 N–H and O–H groups in total. The number of carbonyl (C=O) groups excluding carboxylic acids is 1. The summed E-state index contributed by atoms with van der Waals surface area (Å²) in [6, 6.07) is 10.8. The Morgan fingerprint density at radius 3 is 2.68 bits per heavy atom. The summed E-state index contributed by atoms with van der Waals surface area (Å²) >= 11 is 0. The van der Waals surface area contributed by atoms with Gasteiger partial charge in [0, 0.05) is 43.1 Å². The molecule has 144 valence electrons. The van der Waals surface area contributed by atoms with Gasteiger partial charge in [0.2, 0.25) is 5.60 Å². The van der Waals surface area contributed by atoms with Crippen LogP contribution in [-0.4, -0.2) is 45.6 Å². The highest BCUT2D eigenvalue weighted by molar-refractivity contribution is 5.93. The number of aliphatic carboxylic acids is 1. The highest BCUT2D eigenvalue weighted by Gasteiger charge is 2.45. The molecule has 1 fully saturated rings. The molecule has 1 amide bonds. The first-order valence-corrected chi connectivity index (χ1v) is 9.09. The number of carboxylic acids is 1. The Morgan fingerprint density at radius 2 is 2.00 bits per heavy atom. The number of aryl methyl sites for hydroxylation is 1. The van der Waals surface area contributed by atoms with E-state index in [0.29, 0.717) is 11.5 Å². The molecule has 0 aliphatic carbocycles. The molecular formula is C21H20N2O5. The number of carbonyl (C=O) groups is 2. The SMILES string of the molecule is Cc1ccoc1C(=O)N1CCC(Oc2ccc3ncccc3c2)(C(=O)O)CC1. The van der Waals surface area contributed by atoms with Gasteiger partial charge in [-0.1, -0.05) is 6.07 Å². The summed E-state index contributed by atoms with van der Waals surface area (Å²) in [6.45, 7) is 2.36. The standard InChI is InChI=1S/C21H20N2O5/c1-14-6-12-27-18(14)19(24)23-10-7-21(8-11-23,20(25)26)28-16-4-5-17-15(13-16)3-2-9-22-17/h2-6,9,12-13H,7-8,10-11H2,1H3,(H,25,26). The third kappa shape index (κ3) is 3.19. The smallest absolute Gasteiger partial charge is 0.348 e. The Morgan fingerprint density at radius 1 is 1.21 bits per heavy atom. The van der Waals surface area contributed by atoms with Gasteiger partial charge in [0.1, 0.15) is 5.75 Å². The van der Waals surface area contributed by atoms with Crippen molar-refractivity contribution in [3.8, 4) is 5.75 Å². The van der Waals surface area contributed by atoms with Crippen LogP contribution >= 0.6 is 0 Å². The normalized spacial score (nSPS) is 16.1. The minimum absolute atomic E-state index is 0.193. The quantitative estimate of drug-likeness (QED) is 0.747. The Labute approximate surface area is 161 Å². The molecule has 1 aromatic carbocycles. The van der Waals surface area contributed by atoms with Gasteiger partial charge in [-0.25, -0.2) is 4.79 Å². The predicted octanol–water partition coefficient (Wildman–Crippen LogP) is 3.27. The first-order valence-electron chi connectivity index (χ1n) is 9.09. The third-order valence-corrected chi connectivity index (χ3v) is 5.19. The number of benzene rings is 1. The molecule has 0 saturated carbocycles. The third-order valence-electron chi connectivity index (χ3n) is 5.19. The molecule has 7 heteroatoms. The van der Waals surface area contributed by atoms with Gasteiger partial charge in [-0.05, 0) is 37.3 Å². The number of furan rings is 1. The van der Waals surface area contributed by atoms with Crippen molar-refractivity contribution in [1.29, 1.82) is 0 Å². The van der Waals surface area contributed by atoms with Crippen LogP contribution in [-0.2, 0) is 4.79 Å². The van der Waals surface area contributed by atoms with Crippen molar-refractivity contribution in [2.75, 3.05) is 13.1 Å². The highest BCUT2D eigenvalue weighted by atomic mass is 16.5. The largest absolute Gasteiger partial charge is 0.478 e. The minimum Gasteiger partial charge on any atom is -0.478 e. The molecular weight excluding hydrogens is 360 g/mol. The number of ether oxygens (including phenoxy) is 1. The lowest BCUT2D eigenvalue weighted by molar-refractivity contribution is -0.159. The molecule has 0 unspecified atom stereocenters. The summed E-state index contributed by atoms with van der Waals surface area (Å²) in [5.74, 6) is -0.478. The monoisotopic (exact) mass is 380 g/mol. The van der Waals surface area contributed by atoms with Crippen molar-refractivity contribution in [3.05, 3.63) is 60.2 Å². The average molecular weight is 380 g/mol. The molecule has 1 aliphatic heterocycles. The van der Waals surface area contributed by atoms with E-state index in [1.54, 1.807) is 42.3 Å². The molecule has 0 atom stereocenters. The maximum absolute atomic E-state index is 12.6. The van der Waals surface area contributed by atoms with E-state index < -0.39 is 11.6 Å². The van der Waals surface area contributed by atoms with Crippen LogP contribution in [0, 0.1) is 6.92 Å². The maximum Gasteiger partial charge on any atom is 0.348 e. The number of aromatic nitrogens is 1.